The molecular weight excluding hydrogens is 691 g/mol. The van der Waals surface area contributed by atoms with Crippen LogP contribution in [0, 0.1) is 6.92 Å². The van der Waals surface area contributed by atoms with Gasteiger partial charge in [0.05, 0.1) is 5.56 Å². The van der Waals surface area contributed by atoms with E-state index in [4.69, 9.17) is 9.47 Å². The van der Waals surface area contributed by atoms with Gasteiger partial charge in [-0.25, -0.2) is 4.79 Å². The first-order valence-corrected chi connectivity index (χ1v) is 18.9. The van der Waals surface area contributed by atoms with Crippen molar-refractivity contribution in [2.24, 2.45) is 7.05 Å². The molecule has 0 unspecified atom stereocenters. The van der Waals surface area contributed by atoms with Crippen LogP contribution in [-0.2, 0) is 33.0 Å². The Morgan fingerprint density at radius 1 is 0.782 bits per heavy atom. The van der Waals surface area contributed by atoms with Crippen LogP contribution in [0.3, 0.4) is 0 Å². The van der Waals surface area contributed by atoms with Crippen molar-refractivity contribution in [3.63, 3.8) is 0 Å². The maximum atomic E-state index is 14.9. The van der Waals surface area contributed by atoms with E-state index < -0.39 is 6.09 Å². The zero-order valence-corrected chi connectivity index (χ0v) is 32.5. The number of hydrogen-bond donors (Lipinski definition) is 0. The molecule has 3 amide bonds. The van der Waals surface area contributed by atoms with E-state index in [1.165, 1.54) is 5.56 Å². The molecule has 0 radical (unpaired) electrons. The lowest BCUT2D eigenvalue weighted by molar-refractivity contribution is 0.0658. The lowest BCUT2D eigenvalue weighted by Crippen LogP contribution is -2.43. The second-order valence-electron chi connectivity index (χ2n) is 14.9. The van der Waals surface area contributed by atoms with Gasteiger partial charge in [-0.05, 0) is 106 Å². The molecule has 0 spiro atoms. The Morgan fingerprint density at radius 2 is 1.51 bits per heavy atom. The number of nitrogens with zero attached hydrogens (tertiary/aromatic N) is 5. The van der Waals surface area contributed by atoms with E-state index in [2.05, 4.69) is 25.1 Å². The van der Waals surface area contributed by atoms with Crippen LogP contribution in [0.2, 0.25) is 0 Å². The Kier molecular flexibility index (Phi) is 10.8. The predicted octanol–water partition coefficient (Wildman–Crippen LogP) is 7.36. The third kappa shape index (κ3) is 7.86. The summed E-state index contributed by atoms with van der Waals surface area (Å²) in [6, 6.07) is 30.9. The zero-order chi connectivity index (χ0) is 38.8. The first kappa shape index (κ1) is 37.4. The predicted molar refractivity (Wildman–Crippen MR) is 215 cm³/mol. The number of amides is 3. The fraction of sp³-hybridized carbons (Fsp3) is 0.311. The summed E-state index contributed by atoms with van der Waals surface area (Å²) in [4.78, 5) is 49.6. The summed E-state index contributed by atoms with van der Waals surface area (Å²) in [6.45, 7) is 6.56. The van der Waals surface area contributed by atoms with Gasteiger partial charge >= 0.3 is 6.09 Å². The molecule has 2 aliphatic heterocycles. The number of para-hydroxylation sites is 1. The van der Waals surface area contributed by atoms with Crippen LogP contribution < -0.4 is 14.4 Å². The molecule has 0 bridgehead atoms. The van der Waals surface area contributed by atoms with Crippen LogP contribution >= 0.6 is 0 Å². The van der Waals surface area contributed by atoms with Gasteiger partial charge in [0.15, 0.2) is 0 Å². The van der Waals surface area contributed by atoms with Crippen molar-refractivity contribution in [1.82, 2.24) is 19.3 Å². The molecule has 10 nitrogen and oxygen atoms in total. The Labute approximate surface area is 323 Å². The van der Waals surface area contributed by atoms with Gasteiger partial charge in [0.1, 0.15) is 18.1 Å². The number of rotatable bonds is 9. The highest BCUT2D eigenvalue weighted by Crippen LogP contribution is 2.36. The number of likely N-dealkylation sites (N-methyl/N-ethyl adjacent to an activating group) is 1. The summed E-state index contributed by atoms with van der Waals surface area (Å²) in [6.07, 6.45) is 0.884. The van der Waals surface area contributed by atoms with E-state index in [1.807, 2.05) is 109 Å². The Morgan fingerprint density at radius 3 is 2.27 bits per heavy atom. The first-order chi connectivity index (χ1) is 26.5. The molecular formula is C45H49N5O5. The molecule has 55 heavy (non-hydrogen) atoms. The molecule has 0 saturated carbocycles. The largest absolute Gasteiger partial charge is 0.492 e. The number of aromatic nitrogens is 1. The van der Waals surface area contributed by atoms with Crippen molar-refractivity contribution in [1.29, 1.82) is 0 Å². The van der Waals surface area contributed by atoms with Crippen molar-refractivity contribution in [3.8, 4) is 22.8 Å². The van der Waals surface area contributed by atoms with Crippen LogP contribution in [0.5, 0.6) is 11.5 Å². The number of anilines is 1. The average Bonchev–Trinajstić information content (AvgIpc) is 3.49. The Bertz CT molecular complexity index is 2230. The second-order valence-corrected chi connectivity index (χ2v) is 14.9. The smallest absolute Gasteiger partial charge is 0.415 e. The number of benzene rings is 4. The normalized spacial score (nSPS) is 15.0. The van der Waals surface area contributed by atoms with Gasteiger partial charge in [-0.3, -0.25) is 9.59 Å². The lowest BCUT2D eigenvalue weighted by atomic mass is 9.90. The quantitative estimate of drug-likeness (QED) is 0.157. The summed E-state index contributed by atoms with van der Waals surface area (Å²) in [5, 5.41) is 0. The van der Waals surface area contributed by atoms with Gasteiger partial charge < -0.3 is 33.6 Å². The lowest BCUT2D eigenvalue weighted by Gasteiger charge is -2.36. The van der Waals surface area contributed by atoms with Crippen LogP contribution in [-0.4, -0.2) is 84.1 Å². The SMILES string of the molecule is Cc1c(C(=O)N(C)c2ccccc2)cc(-c2cc3c(cc2C(=O)N2Cc4ccccc4C[C@H]2C)CN(C(=O)Oc2cccc(OCCN(C)C)c2)CC3)n1C. The second kappa shape index (κ2) is 15.8. The van der Waals surface area contributed by atoms with E-state index in [0.29, 0.717) is 55.3 Å². The Hall–Kier alpha value is -5.87. The summed E-state index contributed by atoms with van der Waals surface area (Å²) < 4.78 is 13.7. The maximum Gasteiger partial charge on any atom is 0.415 e. The minimum Gasteiger partial charge on any atom is -0.492 e. The molecule has 1 atom stereocenters. The minimum absolute atomic E-state index is 0.0211. The van der Waals surface area contributed by atoms with E-state index in [0.717, 1.165) is 52.3 Å². The standard InChI is InChI=1S/C45H49N5O5/c1-30-23-32-13-10-11-14-34(32)29-50(30)44(52)41-25-35-28-49(45(53)55-38-18-12-17-37(26-38)54-22-21-46(3)4)20-19-33(35)24-40(41)42-27-39(31(2)47(42)5)43(51)48(6)36-15-8-7-9-16-36/h7-18,24-27,30H,19-23,28-29H2,1-6H3/t30-/m1/s1. The molecule has 5 aromatic rings. The van der Waals surface area contributed by atoms with Crippen molar-refractivity contribution in [2.75, 3.05) is 45.7 Å². The van der Waals surface area contributed by atoms with Crippen LogP contribution in [0.25, 0.3) is 11.3 Å². The number of carbonyl (C=O) groups excluding carboxylic acids is 3. The van der Waals surface area contributed by atoms with Crippen molar-refractivity contribution in [2.45, 2.75) is 45.8 Å². The van der Waals surface area contributed by atoms with E-state index in [-0.39, 0.29) is 17.9 Å². The molecule has 0 aliphatic carbocycles. The third-order valence-corrected chi connectivity index (χ3v) is 10.9. The molecule has 0 saturated heterocycles. The molecule has 7 rings (SSSR count). The third-order valence-electron chi connectivity index (χ3n) is 10.9. The average molecular weight is 740 g/mol. The summed E-state index contributed by atoms with van der Waals surface area (Å²) in [5.74, 6) is 0.830. The molecule has 3 heterocycles. The fourth-order valence-corrected chi connectivity index (χ4v) is 7.52. The van der Waals surface area contributed by atoms with Crippen LogP contribution in [0.15, 0.2) is 97.1 Å². The number of carbonyl (C=O) groups is 3. The molecule has 4 aromatic carbocycles. The van der Waals surface area contributed by atoms with Gasteiger partial charge in [-0.15, -0.1) is 0 Å². The van der Waals surface area contributed by atoms with Crippen LogP contribution in [0.1, 0.15) is 55.6 Å². The van der Waals surface area contributed by atoms with Crippen molar-refractivity contribution >= 4 is 23.6 Å². The van der Waals surface area contributed by atoms with Gasteiger partial charge in [0.2, 0.25) is 0 Å². The van der Waals surface area contributed by atoms with Crippen LogP contribution in [0.4, 0.5) is 10.5 Å². The topological polar surface area (TPSA) is 87.6 Å². The number of fused-ring (bicyclic) bond motifs is 2. The van der Waals surface area contributed by atoms with E-state index >= 15 is 0 Å². The fourth-order valence-electron chi connectivity index (χ4n) is 7.52. The Balaban J connectivity index is 1.21. The first-order valence-electron chi connectivity index (χ1n) is 18.9. The molecule has 10 heteroatoms. The highest BCUT2D eigenvalue weighted by molar-refractivity contribution is 6.08. The number of hydrogen-bond acceptors (Lipinski definition) is 6. The molecule has 2 aliphatic rings. The molecule has 0 N–H and O–H groups in total. The van der Waals surface area contributed by atoms with Gasteiger partial charge in [-0.2, -0.15) is 0 Å². The molecule has 1 aromatic heterocycles. The zero-order valence-electron chi connectivity index (χ0n) is 32.5. The summed E-state index contributed by atoms with van der Waals surface area (Å²) >= 11 is 0. The van der Waals surface area contributed by atoms with Crippen molar-refractivity contribution < 1.29 is 23.9 Å². The van der Waals surface area contributed by atoms with E-state index in [1.54, 1.807) is 29.0 Å². The monoisotopic (exact) mass is 739 g/mol. The van der Waals surface area contributed by atoms with Gasteiger partial charge in [-0.1, -0.05) is 48.5 Å². The number of ether oxygens (including phenoxy) is 2. The van der Waals surface area contributed by atoms with E-state index in [9.17, 15) is 14.4 Å². The van der Waals surface area contributed by atoms with Gasteiger partial charge in [0.25, 0.3) is 11.8 Å². The summed E-state index contributed by atoms with van der Waals surface area (Å²) in [5.41, 5.74) is 8.61. The molecule has 284 valence electrons. The van der Waals surface area contributed by atoms with Gasteiger partial charge in [0, 0.05) is 80.6 Å². The highest BCUT2D eigenvalue weighted by Gasteiger charge is 2.32. The maximum absolute atomic E-state index is 14.9. The summed E-state index contributed by atoms with van der Waals surface area (Å²) in [7, 11) is 7.69. The van der Waals surface area contributed by atoms with Crippen molar-refractivity contribution in [3.05, 3.63) is 136 Å². The highest BCUT2D eigenvalue weighted by atomic mass is 16.6. The molecule has 0 fully saturated rings. The minimum atomic E-state index is -0.460.